The van der Waals surface area contributed by atoms with Crippen LogP contribution >= 0.6 is 0 Å². The predicted molar refractivity (Wildman–Crippen MR) is 80.0 cm³/mol. The predicted octanol–water partition coefficient (Wildman–Crippen LogP) is 2.26. The normalized spacial score (nSPS) is 11.2. The number of carbonyl (C=O) groups is 2. The summed E-state index contributed by atoms with van der Waals surface area (Å²) in [5.41, 5.74) is 8.01. The van der Waals surface area contributed by atoms with Gasteiger partial charge in [-0.3, -0.25) is 15.0 Å². The van der Waals surface area contributed by atoms with Gasteiger partial charge in [0.2, 0.25) is 5.78 Å². The Balaban J connectivity index is 3.18. The van der Waals surface area contributed by atoms with E-state index in [4.69, 9.17) is 11.1 Å². The third-order valence-corrected chi connectivity index (χ3v) is 2.98. The van der Waals surface area contributed by atoms with Crippen LogP contribution < -0.4 is 5.73 Å². The van der Waals surface area contributed by atoms with Gasteiger partial charge in [-0.15, -0.1) is 0 Å². The maximum atomic E-state index is 11.6. The Bertz CT molecular complexity index is 554. The van der Waals surface area contributed by atoms with Gasteiger partial charge in [-0.25, -0.2) is 0 Å². The molecule has 0 saturated heterocycles. The average molecular weight is 274 g/mol. The van der Waals surface area contributed by atoms with E-state index in [1.54, 1.807) is 12.1 Å². The fourth-order valence-electron chi connectivity index (χ4n) is 2.00. The fraction of sp³-hybridized carbons (Fsp3) is 0.438. The molecule has 0 atom stereocenters. The van der Waals surface area contributed by atoms with Crippen molar-refractivity contribution < 1.29 is 9.59 Å². The molecule has 0 unspecified atom stereocenters. The summed E-state index contributed by atoms with van der Waals surface area (Å²) in [5.74, 6) is -0.817. The molecule has 0 bridgehead atoms. The van der Waals surface area contributed by atoms with Gasteiger partial charge in [-0.1, -0.05) is 32.9 Å². The number of Topliss-reactive ketones (excluding diaryl/α,β-unsaturated/α-hetero) is 2. The quantitative estimate of drug-likeness (QED) is 0.490. The maximum Gasteiger partial charge on any atom is 0.202 e. The van der Waals surface area contributed by atoms with E-state index in [1.807, 2.05) is 6.07 Å². The first kappa shape index (κ1) is 16.1. The Labute approximate surface area is 119 Å². The largest absolute Gasteiger partial charge is 0.384 e. The van der Waals surface area contributed by atoms with Gasteiger partial charge in [0.15, 0.2) is 5.78 Å². The summed E-state index contributed by atoms with van der Waals surface area (Å²) in [6, 6.07) is 5.35. The van der Waals surface area contributed by atoms with E-state index in [2.05, 4.69) is 20.8 Å². The smallest absolute Gasteiger partial charge is 0.202 e. The van der Waals surface area contributed by atoms with Crippen LogP contribution in [0.2, 0.25) is 0 Å². The Morgan fingerprint density at radius 3 is 2.25 bits per heavy atom. The number of carbonyl (C=O) groups excluding carboxylic acids is 2. The molecule has 0 heterocycles. The number of rotatable bonds is 5. The van der Waals surface area contributed by atoms with Crippen LogP contribution in [0.15, 0.2) is 18.2 Å². The summed E-state index contributed by atoms with van der Waals surface area (Å²) >= 11 is 0. The molecule has 1 rings (SSSR count). The van der Waals surface area contributed by atoms with Crippen LogP contribution in [0.5, 0.6) is 0 Å². The summed E-state index contributed by atoms with van der Waals surface area (Å²) in [5, 5.41) is 7.50. The van der Waals surface area contributed by atoms with E-state index in [1.165, 1.54) is 6.92 Å². The van der Waals surface area contributed by atoms with Gasteiger partial charge in [0.25, 0.3) is 0 Å². The Hall–Kier alpha value is -1.97. The zero-order chi connectivity index (χ0) is 15.5. The van der Waals surface area contributed by atoms with Gasteiger partial charge in [-0.05, 0) is 29.0 Å². The first-order valence-corrected chi connectivity index (χ1v) is 6.60. The number of amidine groups is 1. The molecule has 3 N–H and O–H groups in total. The second kappa shape index (κ2) is 5.99. The summed E-state index contributed by atoms with van der Waals surface area (Å²) in [7, 11) is 0. The molecule has 4 heteroatoms. The molecular weight excluding hydrogens is 252 g/mol. The molecule has 0 spiro atoms. The lowest BCUT2D eigenvalue weighted by Gasteiger charge is -2.21. The Morgan fingerprint density at radius 2 is 1.80 bits per heavy atom. The molecule has 0 aliphatic carbocycles. The topological polar surface area (TPSA) is 84.0 Å². The second-order valence-corrected chi connectivity index (χ2v) is 6.29. The number of benzene rings is 1. The third-order valence-electron chi connectivity index (χ3n) is 2.98. The van der Waals surface area contributed by atoms with Crippen LogP contribution in [0.4, 0.5) is 0 Å². The van der Waals surface area contributed by atoms with E-state index in [0.29, 0.717) is 5.56 Å². The van der Waals surface area contributed by atoms with Crippen LogP contribution in [-0.4, -0.2) is 17.4 Å². The molecule has 0 aliphatic heterocycles. The number of ketones is 2. The van der Waals surface area contributed by atoms with Crippen molar-refractivity contribution in [2.24, 2.45) is 11.1 Å². The highest BCUT2D eigenvalue weighted by atomic mass is 16.2. The standard InChI is InChI=1S/C16H22N2O2/c1-10(19)14(20)8-11-5-6-12(15(17)18)7-13(11)9-16(2,3)4/h5-7H,8-9H2,1-4H3,(H3,17,18). The average Bonchev–Trinajstić information content (AvgIpc) is 2.28. The molecule has 0 fully saturated rings. The Morgan fingerprint density at radius 1 is 1.20 bits per heavy atom. The van der Waals surface area contributed by atoms with Gasteiger partial charge < -0.3 is 5.73 Å². The Kier molecular flexibility index (Phi) is 4.82. The summed E-state index contributed by atoms with van der Waals surface area (Å²) in [6.07, 6.45) is 0.869. The van der Waals surface area contributed by atoms with Crippen LogP contribution in [0.25, 0.3) is 0 Å². The minimum absolute atomic E-state index is 0.00426. The molecule has 0 aliphatic rings. The summed E-state index contributed by atoms with van der Waals surface area (Å²) in [4.78, 5) is 22.7. The first-order valence-electron chi connectivity index (χ1n) is 6.60. The molecule has 1 aromatic rings. The van der Waals surface area contributed by atoms with E-state index < -0.39 is 11.6 Å². The minimum Gasteiger partial charge on any atom is -0.384 e. The fourth-order valence-corrected chi connectivity index (χ4v) is 2.00. The van der Waals surface area contributed by atoms with Crippen molar-refractivity contribution in [3.63, 3.8) is 0 Å². The van der Waals surface area contributed by atoms with E-state index in [0.717, 1.165) is 17.5 Å². The van der Waals surface area contributed by atoms with Crippen LogP contribution in [0.3, 0.4) is 0 Å². The first-order chi connectivity index (χ1) is 9.10. The number of nitrogens with one attached hydrogen (secondary N) is 1. The van der Waals surface area contributed by atoms with Crippen molar-refractivity contribution in [3.05, 3.63) is 34.9 Å². The number of nitrogen functional groups attached to an aromatic ring is 1. The lowest BCUT2D eigenvalue weighted by atomic mass is 9.84. The van der Waals surface area contributed by atoms with E-state index in [9.17, 15) is 9.59 Å². The molecule has 20 heavy (non-hydrogen) atoms. The van der Waals surface area contributed by atoms with Crippen LogP contribution in [-0.2, 0) is 22.4 Å². The zero-order valence-corrected chi connectivity index (χ0v) is 12.5. The molecule has 4 nitrogen and oxygen atoms in total. The lowest BCUT2D eigenvalue weighted by Crippen LogP contribution is -2.18. The third kappa shape index (κ3) is 4.61. The number of nitrogens with two attached hydrogens (primary N) is 1. The highest BCUT2D eigenvalue weighted by molar-refractivity contribution is 6.36. The molecule has 0 amide bonds. The van der Waals surface area contributed by atoms with Crippen molar-refractivity contribution >= 4 is 17.4 Å². The molecular formula is C16H22N2O2. The van der Waals surface area contributed by atoms with E-state index in [-0.39, 0.29) is 17.7 Å². The van der Waals surface area contributed by atoms with Gasteiger partial charge in [0, 0.05) is 18.9 Å². The lowest BCUT2D eigenvalue weighted by molar-refractivity contribution is -0.134. The van der Waals surface area contributed by atoms with Crippen molar-refractivity contribution in [1.29, 1.82) is 5.41 Å². The maximum absolute atomic E-state index is 11.6. The van der Waals surface area contributed by atoms with Gasteiger partial charge in [0.05, 0.1) is 0 Å². The van der Waals surface area contributed by atoms with Crippen molar-refractivity contribution in [2.45, 2.75) is 40.5 Å². The van der Waals surface area contributed by atoms with Crippen molar-refractivity contribution in [1.82, 2.24) is 0 Å². The minimum atomic E-state index is -0.428. The van der Waals surface area contributed by atoms with Gasteiger partial charge >= 0.3 is 0 Å². The highest BCUT2D eigenvalue weighted by Crippen LogP contribution is 2.24. The molecule has 0 saturated carbocycles. The number of hydrogen-bond acceptors (Lipinski definition) is 3. The van der Waals surface area contributed by atoms with Crippen molar-refractivity contribution in [3.8, 4) is 0 Å². The highest BCUT2D eigenvalue weighted by Gasteiger charge is 2.18. The second-order valence-electron chi connectivity index (χ2n) is 6.29. The SMILES string of the molecule is CC(=O)C(=O)Cc1ccc(C(=N)N)cc1CC(C)(C)C. The molecule has 1 aromatic carbocycles. The van der Waals surface area contributed by atoms with Gasteiger partial charge in [0.1, 0.15) is 5.84 Å². The molecule has 0 radical (unpaired) electrons. The summed E-state index contributed by atoms with van der Waals surface area (Å²) < 4.78 is 0. The molecule has 108 valence electrons. The summed E-state index contributed by atoms with van der Waals surface area (Å²) in [6.45, 7) is 7.59. The van der Waals surface area contributed by atoms with Crippen molar-refractivity contribution in [2.75, 3.05) is 0 Å². The van der Waals surface area contributed by atoms with Gasteiger partial charge in [-0.2, -0.15) is 0 Å². The molecule has 0 aromatic heterocycles. The van der Waals surface area contributed by atoms with Crippen LogP contribution in [0.1, 0.15) is 44.4 Å². The monoisotopic (exact) mass is 274 g/mol. The van der Waals surface area contributed by atoms with E-state index >= 15 is 0 Å². The zero-order valence-electron chi connectivity index (χ0n) is 12.5. The number of hydrogen-bond donors (Lipinski definition) is 2. The van der Waals surface area contributed by atoms with Crippen LogP contribution in [0, 0.1) is 10.8 Å².